The molecule has 0 amide bonds. The Hall–Kier alpha value is -1.80. The van der Waals surface area contributed by atoms with E-state index in [-0.39, 0.29) is 4.90 Å². The van der Waals surface area contributed by atoms with Gasteiger partial charge in [-0.25, -0.2) is 8.42 Å². The van der Waals surface area contributed by atoms with Crippen LogP contribution in [0.15, 0.2) is 29.3 Å². The largest absolute Gasteiger partial charge is 0.349 e. The molecule has 0 unspecified atom stereocenters. The van der Waals surface area contributed by atoms with Crippen LogP contribution in [0.2, 0.25) is 0 Å². The Morgan fingerprint density at radius 2 is 2.06 bits per heavy atom. The fraction of sp³-hybridized carbons (Fsp3) is 0.182. The molecule has 0 atom stereocenters. The summed E-state index contributed by atoms with van der Waals surface area (Å²) in [4.78, 5) is 0.239. The highest BCUT2D eigenvalue weighted by atomic mass is 32.2. The van der Waals surface area contributed by atoms with Crippen LogP contribution in [-0.2, 0) is 16.9 Å². The van der Waals surface area contributed by atoms with Gasteiger partial charge in [-0.05, 0) is 18.2 Å². The summed E-state index contributed by atoms with van der Waals surface area (Å²) in [6, 6.07) is 6.87. The minimum absolute atomic E-state index is 0.239. The van der Waals surface area contributed by atoms with Crippen molar-refractivity contribution in [1.82, 2.24) is 4.57 Å². The minimum atomic E-state index is -3.23. The molecule has 1 aromatic carbocycles. The lowest BCUT2D eigenvalue weighted by molar-refractivity contribution is 0.602. The van der Waals surface area contributed by atoms with Crippen LogP contribution in [0.4, 0.5) is 0 Å². The van der Waals surface area contributed by atoms with Crippen molar-refractivity contribution in [1.29, 1.82) is 5.26 Å². The lowest BCUT2D eigenvalue weighted by Crippen LogP contribution is -1.96. The number of rotatable bonds is 1. The van der Waals surface area contributed by atoms with Gasteiger partial charge in [-0.2, -0.15) is 5.26 Å². The van der Waals surface area contributed by atoms with E-state index in [9.17, 15) is 8.42 Å². The average Bonchev–Trinajstić information content (AvgIpc) is 2.54. The summed E-state index contributed by atoms with van der Waals surface area (Å²) in [5, 5.41) is 9.60. The second-order valence-corrected chi connectivity index (χ2v) is 5.73. The summed E-state index contributed by atoms with van der Waals surface area (Å²) in [5.74, 6) is 0. The normalized spacial score (nSPS) is 11.6. The molecule has 5 heteroatoms. The Balaban J connectivity index is 2.86. The molecular formula is C11H10N2O2S. The molecule has 0 aliphatic carbocycles. The number of sulfone groups is 1. The SMILES string of the molecule is Cn1cc(C#N)c2cc(S(C)(=O)=O)ccc21. The van der Waals surface area contributed by atoms with Gasteiger partial charge >= 0.3 is 0 Å². The van der Waals surface area contributed by atoms with Crippen LogP contribution in [-0.4, -0.2) is 19.2 Å². The molecule has 0 N–H and O–H groups in total. The molecule has 2 aromatic rings. The molecule has 4 nitrogen and oxygen atoms in total. The first-order valence-corrected chi connectivity index (χ1v) is 6.52. The second-order valence-electron chi connectivity index (χ2n) is 3.72. The van der Waals surface area contributed by atoms with Crippen LogP contribution in [0.3, 0.4) is 0 Å². The fourth-order valence-corrected chi connectivity index (χ4v) is 2.34. The number of nitriles is 1. The number of nitrogens with zero attached hydrogens (tertiary/aromatic N) is 2. The number of aromatic nitrogens is 1. The predicted molar refractivity (Wildman–Crippen MR) is 60.7 cm³/mol. The number of hydrogen-bond acceptors (Lipinski definition) is 3. The smallest absolute Gasteiger partial charge is 0.175 e. The fourth-order valence-electron chi connectivity index (χ4n) is 1.69. The highest BCUT2D eigenvalue weighted by Gasteiger charge is 2.11. The summed E-state index contributed by atoms with van der Waals surface area (Å²) >= 11 is 0. The molecule has 1 heterocycles. The van der Waals surface area contributed by atoms with Crippen molar-refractivity contribution in [3.63, 3.8) is 0 Å². The van der Waals surface area contributed by atoms with Crippen molar-refractivity contribution in [3.05, 3.63) is 30.0 Å². The van der Waals surface area contributed by atoms with Gasteiger partial charge in [-0.1, -0.05) is 0 Å². The van der Waals surface area contributed by atoms with Gasteiger partial charge in [0, 0.05) is 30.4 Å². The third-order valence-corrected chi connectivity index (χ3v) is 3.62. The van der Waals surface area contributed by atoms with Crippen LogP contribution in [0.5, 0.6) is 0 Å². The lowest BCUT2D eigenvalue weighted by atomic mass is 10.2. The van der Waals surface area contributed by atoms with E-state index in [4.69, 9.17) is 5.26 Å². The minimum Gasteiger partial charge on any atom is -0.349 e. The molecule has 0 aliphatic rings. The standard InChI is InChI=1S/C11H10N2O2S/c1-13-7-8(6-12)10-5-9(16(2,14)15)3-4-11(10)13/h3-5,7H,1-2H3. The van der Waals surface area contributed by atoms with Crippen LogP contribution in [0.25, 0.3) is 10.9 Å². The van der Waals surface area contributed by atoms with Crippen LogP contribution < -0.4 is 0 Å². The Morgan fingerprint density at radius 3 is 2.62 bits per heavy atom. The molecule has 0 aliphatic heterocycles. The van der Waals surface area contributed by atoms with Crippen LogP contribution in [0, 0.1) is 11.3 Å². The van der Waals surface area contributed by atoms with Crippen molar-refractivity contribution in [2.45, 2.75) is 4.90 Å². The second kappa shape index (κ2) is 3.35. The van der Waals surface area contributed by atoms with Gasteiger partial charge in [0.15, 0.2) is 9.84 Å². The number of benzene rings is 1. The molecule has 0 bridgehead atoms. The van der Waals surface area contributed by atoms with Gasteiger partial charge < -0.3 is 4.57 Å². The zero-order valence-corrected chi connectivity index (χ0v) is 9.75. The summed E-state index contributed by atoms with van der Waals surface area (Å²) in [7, 11) is -1.41. The highest BCUT2D eigenvalue weighted by Crippen LogP contribution is 2.23. The van der Waals surface area contributed by atoms with Crippen molar-refractivity contribution < 1.29 is 8.42 Å². The molecule has 0 fully saturated rings. The third-order valence-electron chi connectivity index (χ3n) is 2.51. The molecule has 0 spiro atoms. The first-order chi connectivity index (χ1) is 7.43. The average molecular weight is 234 g/mol. The van der Waals surface area contributed by atoms with Gasteiger partial charge in [0.05, 0.1) is 10.5 Å². The van der Waals surface area contributed by atoms with Gasteiger partial charge in [0.1, 0.15) is 6.07 Å². The Bertz CT molecular complexity index is 705. The van der Waals surface area contributed by atoms with Gasteiger partial charge in [0.2, 0.25) is 0 Å². The van der Waals surface area contributed by atoms with Crippen molar-refractivity contribution in [2.75, 3.05) is 6.26 Å². The monoisotopic (exact) mass is 234 g/mol. The molecule has 0 saturated carbocycles. The highest BCUT2D eigenvalue weighted by molar-refractivity contribution is 7.90. The molecule has 0 radical (unpaired) electrons. The van der Waals surface area contributed by atoms with E-state index < -0.39 is 9.84 Å². The Morgan fingerprint density at radius 1 is 1.38 bits per heavy atom. The molecule has 2 rings (SSSR count). The van der Waals surface area contributed by atoms with Gasteiger partial charge in [-0.15, -0.1) is 0 Å². The number of hydrogen-bond donors (Lipinski definition) is 0. The quantitative estimate of drug-likeness (QED) is 0.750. The summed E-state index contributed by atoms with van der Waals surface area (Å²) < 4.78 is 24.6. The molecule has 16 heavy (non-hydrogen) atoms. The first kappa shape index (κ1) is 10.7. The summed E-state index contributed by atoms with van der Waals surface area (Å²) in [6.07, 6.45) is 2.85. The summed E-state index contributed by atoms with van der Waals surface area (Å²) in [6.45, 7) is 0. The predicted octanol–water partition coefficient (Wildman–Crippen LogP) is 1.45. The topological polar surface area (TPSA) is 62.9 Å². The van der Waals surface area contributed by atoms with Gasteiger partial charge in [0.25, 0.3) is 0 Å². The van der Waals surface area contributed by atoms with Crippen molar-refractivity contribution in [2.24, 2.45) is 7.05 Å². The van der Waals surface area contributed by atoms with E-state index in [0.29, 0.717) is 10.9 Å². The number of aryl methyl sites for hydroxylation is 1. The maximum absolute atomic E-state index is 11.4. The van der Waals surface area contributed by atoms with Crippen molar-refractivity contribution in [3.8, 4) is 6.07 Å². The van der Waals surface area contributed by atoms with Crippen molar-refractivity contribution >= 4 is 20.7 Å². The van der Waals surface area contributed by atoms with E-state index in [1.165, 1.54) is 0 Å². The maximum Gasteiger partial charge on any atom is 0.175 e. The van der Waals surface area contributed by atoms with Crippen LogP contribution in [0.1, 0.15) is 5.56 Å². The first-order valence-electron chi connectivity index (χ1n) is 4.63. The van der Waals surface area contributed by atoms with Gasteiger partial charge in [-0.3, -0.25) is 0 Å². The maximum atomic E-state index is 11.4. The van der Waals surface area contributed by atoms with E-state index in [1.54, 1.807) is 29.0 Å². The zero-order chi connectivity index (χ0) is 11.9. The van der Waals surface area contributed by atoms with E-state index >= 15 is 0 Å². The Labute approximate surface area is 93.6 Å². The van der Waals surface area contributed by atoms with Crippen LogP contribution >= 0.6 is 0 Å². The van der Waals surface area contributed by atoms with E-state index in [1.807, 2.05) is 7.05 Å². The van der Waals surface area contributed by atoms with E-state index in [2.05, 4.69) is 6.07 Å². The zero-order valence-electron chi connectivity index (χ0n) is 8.93. The molecule has 1 aromatic heterocycles. The number of fused-ring (bicyclic) bond motifs is 1. The third kappa shape index (κ3) is 1.57. The molecule has 0 saturated heterocycles. The van der Waals surface area contributed by atoms with E-state index in [0.717, 1.165) is 11.8 Å². The summed E-state index contributed by atoms with van der Waals surface area (Å²) in [5.41, 5.74) is 1.34. The molecular weight excluding hydrogens is 224 g/mol. The lowest BCUT2D eigenvalue weighted by Gasteiger charge is -1.99. The Kier molecular flexibility index (Phi) is 2.25. The molecule has 82 valence electrons.